The van der Waals surface area contributed by atoms with Gasteiger partial charge in [0.05, 0.1) is 4.92 Å². The molecule has 20 heavy (non-hydrogen) atoms. The molecule has 104 valence electrons. The maximum Gasteiger partial charge on any atom is 0.295 e. The van der Waals surface area contributed by atoms with Gasteiger partial charge in [-0.15, -0.1) is 0 Å². The average Bonchev–Trinajstić information content (AvgIpc) is 2.82. The minimum absolute atomic E-state index is 0.0956. The molecule has 2 aromatic rings. The lowest BCUT2D eigenvalue weighted by Crippen LogP contribution is -2.21. The molecule has 0 spiro atoms. The smallest absolute Gasteiger partial charge is 0.295 e. The molecule has 11 heteroatoms. The summed E-state index contributed by atoms with van der Waals surface area (Å²) in [4.78, 5) is 14.1. The second kappa shape index (κ2) is 5.50. The van der Waals surface area contributed by atoms with E-state index in [-0.39, 0.29) is 33.7 Å². The molecule has 0 bridgehead atoms. The van der Waals surface area contributed by atoms with Crippen molar-refractivity contribution >= 4 is 34.6 Å². The number of nitrogen functional groups attached to an aromatic ring is 1. The lowest BCUT2D eigenvalue weighted by molar-refractivity contribution is -0.384. The Bertz CT molecular complexity index is 685. The first kappa shape index (κ1) is 13.7. The number of nitrogens with two attached hydrogens (primary N) is 1. The Labute approximate surface area is 115 Å². The molecular formula is C9H7ClN6O4. The van der Waals surface area contributed by atoms with Crippen molar-refractivity contribution in [3.05, 3.63) is 39.0 Å². The number of nitro groups is 1. The fourth-order valence-electron chi connectivity index (χ4n) is 1.35. The number of benzene rings is 1. The maximum absolute atomic E-state index is 10.9. The number of aromatic nitrogens is 2. The summed E-state index contributed by atoms with van der Waals surface area (Å²) in [7, 11) is 0. The number of halogens is 1. The zero-order valence-electron chi connectivity index (χ0n) is 9.65. The lowest BCUT2D eigenvalue weighted by atomic mass is 10.2. The maximum atomic E-state index is 10.9. The van der Waals surface area contributed by atoms with Crippen LogP contribution < -0.4 is 11.2 Å². The van der Waals surface area contributed by atoms with E-state index in [2.05, 4.69) is 19.9 Å². The zero-order valence-corrected chi connectivity index (χ0v) is 10.4. The fraction of sp³-hybridized carbons (Fsp3) is 0. The molecule has 1 heterocycles. The van der Waals surface area contributed by atoms with Gasteiger partial charge in [0.25, 0.3) is 5.69 Å². The van der Waals surface area contributed by atoms with E-state index in [1.54, 1.807) is 5.48 Å². The van der Waals surface area contributed by atoms with Crippen LogP contribution in [0.3, 0.4) is 0 Å². The first-order valence-corrected chi connectivity index (χ1v) is 5.42. The van der Waals surface area contributed by atoms with Crippen LogP contribution in [0, 0.1) is 10.1 Å². The summed E-state index contributed by atoms with van der Waals surface area (Å²) >= 11 is 5.76. The number of amidine groups is 1. The molecule has 0 radical (unpaired) electrons. The minimum atomic E-state index is -0.644. The van der Waals surface area contributed by atoms with Gasteiger partial charge >= 0.3 is 0 Å². The van der Waals surface area contributed by atoms with E-state index in [1.165, 1.54) is 18.2 Å². The lowest BCUT2D eigenvalue weighted by Gasteiger charge is -2.02. The van der Waals surface area contributed by atoms with Gasteiger partial charge in [0.1, 0.15) is 5.69 Å². The third-order valence-electron chi connectivity index (χ3n) is 2.21. The van der Waals surface area contributed by atoms with Crippen molar-refractivity contribution in [2.45, 2.75) is 0 Å². The van der Waals surface area contributed by atoms with Crippen LogP contribution in [0.5, 0.6) is 0 Å². The Morgan fingerprint density at radius 1 is 1.55 bits per heavy atom. The molecule has 1 aromatic carbocycles. The summed E-state index contributed by atoms with van der Waals surface area (Å²) < 4.78 is 4.35. The Morgan fingerprint density at radius 2 is 2.30 bits per heavy atom. The summed E-state index contributed by atoms with van der Waals surface area (Å²) in [6.45, 7) is 0. The molecule has 4 N–H and O–H groups in total. The molecular weight excluding hydrogens is 292 g/mol. The van der Waals surface area contributed by atoms with E-state index < -0.39 is 4.92 Å². The molecule has 0 unspecified atom stereocenters. The monoisotopic (exact) mass is 298 g/mol. The van der Waals surface area contributed by atoms with Crippen molar-refractivity contribution in [1.29, 1.82) is 0 Å². The van der Waals surface area contributed by atoms with Crippen LogP contribution in [-0.4, -0.2) is 26.3 Å². The van der Waals surface area contributed by atoms with E-state index in [1.807, 2.05) is 0 Å². The minimum Gasteiger partial charge on any atom is -0.379 e. The zero-order chi connectivity index (χ0) is 14.7. The summed E-state index contributed by atoms with van der Waals surface area (Å²) in [6, 6.07) is 3.78. The Morgan fingerprint density at radius 3 is 2.85 bits per heavy atom. The Balaban J connectivity index is 2.55. The van der Waals surface area contributed by atoms with Gasteiger partial charge < -0.3 is 5.73 Å². The van der Waals surface area contributed by atoms with Gasteiger partial charge in [-0.25, -0.2) is 9.62 Å². The Kier molecular flexibility index (Phi) is 3.77. The number of anilines is 1. The number of nitrogens with one attached hydrogen (secondary N) is 1. The van der Waals surface area contributed by atoms with Crippen molar-refractivity contribution in [1.82, 2.24) is 15.8 Å². The van der Waals surface area contributed by atoms with Gasteiger partial charge in [0.2, 0.25) is 0 Å². The van der Waals surface area contributed by atoms with Crippen LogP contribution >= 0.6 is 11.6 Å². The standard InChI is InChI=1S/C9H7ClN6O4/c10-4-1-2-6(16(18)19)5(3-4)12-9(13-17)7-8(11)15-20-14-7/h1-3,17H,(H2,11,15)(H,12,13). The third kappa shape index (κ3) is 2.65. The van der Waals surface area contributed by atoms with Crippen LogP contribution in [-0.2, 0) is 0 Å². The summed E-state index contributed by atoms with van der Waals surface area (Å²) in [6.07, 6.45) is 0. The van der Waals surface area contributed by atoms with Gasteiger partial charge in [0, 0.05) is 11.1 Å². The quantitative estimate of drug-likeness (QED) is 0.331. The summed E-state index contributed by atoms with van der Waals surface area (Å²) in [5.74, 6) is -0.413. The second-order valence-electron chi connectivity index (χ2n) is 3.46. The van der Waals surface area contributed by atoms with Crippen LogP contribution in [0.2, 0.25) is 5.02 Å². The van der Waals surface area contributed by atoms with Crippen molar-refractivity contribution in [3.8, 4) is 0 Å². The van der Waals surface area contributed by atoms with Crippen LogP contribution in [0.15, 0.2) is 27.8 Å². The van der Waals surface area contributed by atoms with Gasteiger partial charge in [-0.3, -0.25) is 20.8 Å². The van der Waals surface area contributed by atoms with E-state index in [4.69, 9.17) is 22.5 Å². The van der Waals surface area contributed by atoms with E-state index in [0.717, 1.165) is 0 Å². The highest BCUT2D eigenvalue weighted by Crippen LogP contribution is 2.30. The third-order valence-corrected chi connectivity index (χ3v) is 2.45. The van der Waals surface area contributed by atoms with Crippen molar-refractivity contribution in [2.75, 3.05) is 5.73 Å². The predicted molar refractivity (Wildman–Crippen MR) is 67.9 cm³/mol. The molecule has 0 aliphatic heterocycles. The fourth-order valence-corrected chi connectivity index (χ4v) is 1.52. The molecule has 0 aliphatic carbocycles. The van der Waals surface area contributed by atoms with Crippen LogP contribution in [0.4, 0.5) is 17.2 Å². The number of hydroxylamine groups is 1. The molecule has 2 rings (SSSR count). The summed E-state index contributed by atoms with van der Waals surface area (Å²) in [5, 5.41) is 26.9. The Hall–Kier alpha value is -2.72. The van der Waals surface area contributed by atoms with Crippen molar-refractivity contribution < 1.29 is 14.8 Å². The number of hydrogen-bond donors (Lipinski definition) is 3. The number of hydrogen-bond acceptors (Lipinski definition) is 8. The van der Waals surface area contributed by atoms with E-state index in [9.17, 15) is 10.1 Å². The van der Waals surface area contributed by atoms with Gasteiger partial charge in [-0.2, -0.15) is 0 Å². The molecule has 0 aliphatic rings. The van der Waals surface area contributed by atoms with Gasteiger partial charge in [-0.1, -0.05) is 11.6 Å². The number of aliphatic imine (C=N–C) groups is 1. The molecule has 10 nitrogen and oxygen atoms in total. The molecule has 0 fully saturated rings. The first-order valence-electron chi connectivity index (χ1n) is 5.04. The van der Waals surface area contributed by atoms with Gasteiger partial charge in [-0.05, 0) is 22.4 Å². The summed E-state index contributed by atoms with van der Waals surface area (Å²) in [5.41, 5.74) is 6.66. The van der Waals surface area contributed by atoms with Gasteiger partial charge in [0.15, 0.2) is 17.3 Å². The molecule has 1 aromatic heterocycles. The highest BCUT2D eigenvalue weighted by atomic mass is 35.5. The topological polar surface area (TPSA) is 153 Å². The largest absolute Gasteiger partial charge is 0.379 e. The van der Waals surface area contributed by atoms with Crippen LogP contribution in [0.25, 0.3) is 0 Å². The SMILES string of the molecule is Nc1nonc1C(=Nc1cc(Cl)ccc1[N+](=O)[O-])NO. The number of nitrogens with zero attached hydrogens (tertiary/aromatic N) is 4. The average molecular weight is 299 g/mol. The number of rotatable bonds is 3. The normalized spacial score (nSPS) is 11.4. The molecule has 0 saturated heterocycles. The second-order valence-corrected chi connectivity index (χ2v) is 3.90. The van der Waals surface area contributed by atoms with Crippen LogP contribution in [0.1, 0.15) is 5.69 Å². The van der Waals surface area contributed by atoms with Crippen molar-refractivity contribution in [3.63, 3.8) is 0 Å². The van der Waals surface area contributed by atoms with Crippen molar-refractivity contribution in [2.24, 2.45) is 4.99 Å². The molecule has 0 atom stereocenters. The van der Waals surface area contributed by atoms with E-state index >= 15 is 0 Å². The number of nitro benzene ring substituents is 1. The molecule has 0 amide bonds. The highest BCUT2D eigenvalue weighted by Gasteiger charge is 2.18. The molecule has 0 saturated carbocycles. The first-order chi connectivity index (χ1) is 9.52. The predicted octanol–water partition coefficient (Wildman–Crippen LogP) is 1.27. The highest BCUT2D eigenvalue weighted by molar-refractivity contribution is 6.31. The van der Waals surface area contributed by atoms with E-state index in [0.29, 0.717) is 0 Å².